The zero-order valence-corrected chi connectivity index (χ0v) is 16.1. The van der Waals surface area contributed by atoms with Gasteiger partial charge in [-0.1, -0.05) is 18.2 Å². The zero-order valence-electron chi connectivity index (χ0n) is 16.1. The molecule has 0 bridgehead atoms. The summed E-state index contributed by atoms with van der Waals surface area (Å²) in [4.78, 5) is 19.1. The van der Waals surface area contributed by atoms with Crippen LogP contribution in [0.1, 0.15) is 23.4 Å². The molecular weight excluding hydrogens is 348 g/mol. The Balaban J connectivity index is 1.41. The van der Waals surface area contributed by atoms with E-state index in [2.05, 4.69) is 57.2 Å². The minimum absolute atomic E-state index is 0.800. The Morgan fingerprint density at radius 1 is 1.11 bits per heavy atom. The molecule has 0 saturated heterocycles. The van der Waals surface area contributed by atoms with Crippen LogP contribution in [0, 0.1) is 13.8 Å². The third kappa shape index (κ3) is 2.87. The molecule has 5 rings (SSSR count). The van der Waals surface area contributed by atoms with E-state index in [9.17, 15) is 0 Å². The Labute approximate surface area is 163 Å². The Kier molecular flexibility index (Phi) is 3.97. The summed E-state index contributed by atoms with van der Waals surface area (Å²) in [6.45, 7) is 5.84. The third-order valence-corrected chi connectivity index (χ3v) is 5.40. The Morgan fingerprint density at radius 2 is 2.00 bits per heavy atom. The van der Waals surface area contributed by atoms with E-state index < -0.39 is 0 Å². The molecular formula is C22H22N6. The van der Waals surface area contributed by atoms with Gasteiger partial charge in [0.1, 0.15) is 11.6 Å². The van der Waals surface area contributed by atoms with Gasteiger partial charge in [-0.2, -0.15) is 0 Å². The fourth-order valence-corrected chi connectivity index (χ4v) is 3.86. The average molecular weight is 370 g/mol. The molecule has 0 aliphatic carbocycles. The van der Waals surface area contributed by atoms with E-state index >= 15 is 0 Å². The molecule has 0 radical (unpaired) electrons. The molecule has 1 aliphatic rings. The number of hydrogen-bond acceptors (Lipinski definition) is 4. The lowest BCUT2D eigenvalue weighted by atomic mass is 9.98. The van der Waals surface area contributed by atoms with Gasteiger partial charge in [0.25, 0.3) is 0 Å². The normalized spacial score (nSPS) is 14.5. The number of benzene rings is 1. The number of anilines is 1. The van der Waals surface area contributed by atoms with Crippen LogP contribution in [0.25, 0.3) is 22.3 Å². The fraction of sp³-hybridized carbons (Fsp3) is 0.227. The molecule has 0 spiro atoms. The van der Waals surface area contributed by atoms with Gasteiger partial charge in [-0.15, -0.1) is 0 Å². The van der Waals surface area contributed by atoms with E-state index in [1.165, 1.54) is 27.6 Å². The summed E-state index contributed by atoms with van der Waals surface area (Å²) in [5, 5.41) is 1.29. The highest BCUT2D eigenvalue weighted by molar-refractivity contribution is 5.93. The monoisotopic (exact) mass is 370 g/mol. The zero-order chi connectivity index (χ0) is 19.1. The number of aromatic nitrogens is 5. The highest BCUT2D eigenvalue weighted by Crippen LogP contribution is 2.30. The molecule has 0 unspecified atom stereocenters. The number of nitrogens with zero attached hydrogens (tertiary/aromatic N) is 5. The van der Waals surface area contributed by atoms with Crippen LogP contribution in [0.4, 0.5) is 5.82 Å². The fourth-order valence-electron chi connectivity index (χ4n) is 3.86. The van der Waals surface area contributed by atoms with Gasteiger partial charge in [-0.25, -0.2) is 9.97 Å². The number of nitrogens with one attached hydrogen (secondary N) is 1. The van der Waals surface area contributed by atoms with Gasteiger partial charge in [-0.3, -0.25) is 9.55 Å². The highest BCUT2D eigenvalue weighted by Gasteiger charge is 2.17. The molecule has 1 aromatic carbocycles. The summed E-state index contributed by atoms with van der Waals surface area (Å²) >= 11 is 0. The van der Waals surface area contributed by atoms with Crippen molar-refractivity contribution < 1.29 is 0 Å². The van der Waals surface area contributed by atoms with Crippen molar-refractivity contribution in [2.45, 2.75) is 20.3 Å². The van der Waals surface area contributed by atoms with Gasteiger partial charge < -0.3 is 9.88 Å². The first kappa shape index (κ1) is 16.7. The first-order chi connectivity index (χ1) is 13.7. The van der Waals surface area contributed by atoms with Crippen LogP contribution in [0.5, 0.6) is 0 Å². The second-order valence-electron chi connectivity index (χ2n) is 7.26. The molecule has 4 aromatic rings. The maximum Gasteiger partial charge on any atom is 0.159 e. The molecule has 0 atom stereocenters. The number of aryl methyl sites for hydroxylation is 2. The summed E-state index contributed by atoms with van der Waals surface area (Å²) in [6.07, 6.45) is 12.7. The second kappa shape index (κ2) is 6.64. The SMILES string of the molecule is Cc1ccc2c(C3=CCN(c4cncc(-n5ccnc5C)n4)CC3)c[nH]c2c1. The largest absolute Gasteiger partial charge is 0.361 e. The third-order valence-electron chi connectivity index (χ3n) is 5.40. The molecule has 4 heterocycles. The minimum Gasteiger partial charge on any atom is -0.361 e. The predicted molar refractivity (Wildman–Crippen MR) is 112 cm³/mol. The summed E-state index contributed by atoms with van der Waals surface area (Å²) in [5.41, 5.74) is 5.17. The molecule has 0 fully saturated rings. The summed E-state index contributed by atoms with van der Waals surface area (Å²) in [7, 11) is 0. The topological polar surface area (TPSA) is 62.6 Å². The van der Waals surface area contributed by atoms with Crippen molar-refractivity contribution in [2.75, 3.05) is 18.0 Å². The quantitative estimate of drug-likeness (QED) is 0.591. The van der Waals surface area contributed by atoms with E-state index in [-0.39, 0.29) is 0 Å². The van der Waals surface area contributed by atoms with Gasteiger partial charge in [0, 0.05) is 48.1 Å². The molecule has 6 heteroatoms. The first-order valence-electron chi connectivity index (χ1n) is 9.53. The van der Waals surface area contributed by atoms with Gasteiger partial charge >= 0.3 is 0 Å². The van der Waals surface area contributed by atoms with Crippen molar-refractivity contribution in [1.82, 2.24) is 24.5 Å². The van der Waals surface area contributed by atoms with Crippen molar-refractivity contribution in [2.24, 2.45) is 0 Å². The van der Waals surface area contributed by atoms with Crippen LogP contribution in [-0.2, 0) is 0 Å². The van der Waals surface area contributed by atoms with Crippen LogP contribution in [0.15, 0.2) is 55.3 Å². The lowest BCUT2D eigenvalue weighted by Crippen LogP contribution is -2.29. The number of hydrogen-bond donors (Lipinski definition) is 1. The van der Waals surface area contributed by atoms with E-state index in [1.54, 1.807) is 12.4 Å². The van der Waals surface area contributed by atoms with Crippen molar-refractivity contribution in [1.29, 1.82) is 0 Å². The van der Waals surface area contributed by atoms with Crippen LogP contribution in [0.3, 0.4) is 0 Å². The summed E-state index contributed by atoms with van der Waals surface area (Å²) < 4.78 is 1.95. The molecule has 6 nitrogen and oxygen atoms in total. The second-order valence-corrected chi connectivity index (χ2v) is 7.26. The molecule has 140 valence electrons. The Hall–Kier alpha value is -3.41. The van der Waals surface area contributed by atoms with E-state index in [1.807, 2.05) is 23.9 Å². The van der Waals surface area contributed by atoms with Crippen LogP contribution in [-0.4, -0.2) is 37.6 Å². The number of imidazole rings is 1. The highest BCUT2D eigenvalue weighted by atomic mass is 15.2. The molecule has 28 heavy (non-hydrogen) atoms. The lowest BCUT2D eigenvalue weighted by molar-refractivity contribution is 0.803. The molecule has 3 aromatic heterocycles. The Morgan fingerprint density at radius 3 is 2.79 bits per heavy atom. The maximum atomic E-state index is 4.80. The molecule has 1 aliphatic heterocycles. The van der Waals surface area contributed by atoms with Crippen LogP contribution in [0.2, 0.25) is 0 Å². The van der Waals surface area contributed by atoms with E-state index in [0.29, 0.717) is 0 Å². The lowest BCUT2D eigenvalue weighted by Gasteiger charge is -2.27. The van der Waals surface area contributed by atoms with Crippen LogP contribution < -0.4 is 4.90 Å². The average Bonchev–Trinajstić information content (AvgIpc) is 3.34. The molecule has 0 amide bonds. The Bertz CT molecular complexity index is 1180. The van der Waals surface area contributed by atoms with Crippen LogP contribution >= 0.6 is 0 Å². The molecule has 0 saturated carbocycles. The smallest absolute Gasteiger partial charge is 0.159 e. The standard InChI is InChI=1S/C22H22N6/c1-15-3-4-18-19(12-25-20(18)11-15)17-5-8-27(9-6-17)21-13-23-14-22(26-21)28-10-7-24-16(28)2/h3-5,7,10-14,25H,6,8-9H2,1-2H3. The van der Waals surface area contributed by atoms with E-state index in [0.717, 1.165) is 37.0 Å². The minimum atomic E-state index is 0.800. The summed E-state index contributed by atoms with van der Waals surface area (Å²) in [5.74, 6) is 2.60. The summed E-state index contributed by atoms with van der Waals surface area (Å²) in [6, 6.07) is 6.59. The van der Waals surface area contributed by atoms with Gasteiger partial charge in [0.05, 0.1) is 12.4 Å². The van der Waals surface area contributed by atoms with Crippen molar-refractivity contribution in [3.05, 3.63) is 72.2 Å². The van der Waals surface area contributed by atoms with Crippen molar-refractivity contribution in [3.8, 4) is 5.82 Å². The van der Waals surface area contributed by atoms with Crippen molar-refractivity contribution in [3.63, 3.8) is 0 Å². The van der Waals surface area contributed by atoms with Gasteiger partial charge in [0.2, 0.25) is 0 Å². The predicted octanol–water partition coefficient (Wildman–Crippen LogP) is 4.05. The number of fused-ring (bicyclic) bond motifs is 1. The maximum absolute atomic E-state index is 4.80. The van der Waals surface area contributed by atoms with E-state index in [4.69, 9.17) is 4.98 Å². The number of aromatic amines is 1. The first-order valence-corrected chi connectivity index (χ1v) is 9.53. The van der Waals surface area contributed by atoms with Crippen molar-refractivity contribution >= 4 is 22.3 Å². The van der Waals surface area contributed by atoms with Gasteiger partial charge in [0.15, 0.2) is 5.82 Å². The molecule has 1 N–H and O–H groups in total. The van der Waals surface area contributed by atoms with Gasteiger partial charge in [-0.05, 0) is 37.5 Å². The number of rotatable bonds is 3. The number of H-pyrrole nitrogens is 1.